The fourth-order valence-electron chi connectivity index (χ4n) is 4.14. The molecule has 12 heteroatoms. The molecule has 4 rings (SSSR count). The minimum atomic E-state index is -2.92. The van der Waals surface area contributed by atoms with Crippen molar-refractivity contribution >= 4 is 39.0 Å². The average Bonchev–Trinajstić information content (AvgIpc) is 2.84. The number of aromatic nitrogens is 3. The number of sulfone groups is 1. The van der Waals surface area contributed by atoms with Crippen LogP contribution in [0.1, 0.15) is 12.0 Å². The number of pyridine rings is 1. The Labute approximate surface area is 227 Å². The van der Waals surface area contributed by atoms with E-state index in [0.717, 1.165) is 43.9 Å². The monoisotopic (exact) mass is 564 g/mol. The van der Waals surface area contributed by atoms with Crippen molar-refractivity contribution in [1.29, 1.82) is 0 Å². The van der Waals surface area contributed by atoms with E-state index in [0.29, 0.717) is 46.3 Å². The van der Waals surface area contributed by atoms with Crippen LogP contribution in [-0.2, 0) is 16.4 Å². The summed E-state index contributed by atoms with van der Waals surface area (Å²) >= 11 is 12.4. The second-order valence-electron chi connectivity index (χ2n) is 9.02. The standard InChI is InChI=1S/C25H30Cl2N6O3S/c1-28-15-18-10-23(19-12-20(26)14-21(27)13-19)31-24(11-18)36-22-16-29-25(30-17-22)33-7-5-32(6-8-33)4-3-9-37(2,34)35/h10-14,16-17,28H,3-9,15H2,1-2H3. The van der Waals surface area contributed by atoms with Gasteiger partial charge < -0.3 is 15.0 Å². The highest BCUT2D eigenvalue weighted by Gasteiger charge is 2.19. The van der Waals surface area contributed by atoms with Gasteiger partial charge in [0.15, 0.2) is 5.75 Å². The van der Waals surface area contributed by atoms with Crippen LogP contribution in [0.4, 0.5) is 5.95 Å². The highest BCUT2D eigenvalue weighted by molar-refractivity contribution is 7.90. The molecule has 1 aromatic carbocycles. The molecule has 0 bridgehead atoms. The van der Waals surface area contributed by atoms with Crippen molar-refractivity contribution in [3.63, 3.8) is 0 Å². The van der Waals surface area contributed by atoms with E-state index in [1.165, 1.54) is 6.26 Å². The van der Waals surface area contributed by atoms with Crippen LogP contribution in [0.5, 0.6) is 11.6 Å². The molecule has 1 saturated heterocycles. The molecule has 1 N–H and O–H groups in total. The van der Waals surface area contributed by atoms with Gasteiger partial charge in [-0.2, -0.15) is 0 Å². The highest BCUT2D eigenvalue weighted by atomic mass is 35.5. The molecule has 9 nitrogen and oxygen atoms in total. The van der Waals surface area contributed by atoms with E-state index in [4.69, 9.17) is 27.9 Å². The van der Waals surface area contributed by atoms with Crippen LogP contribution in [0.3, 0.4) is 0 Å². The van der Waals surface area contributed by atoms with E-state index in [9.17, 15) is 8.42 Å². The molecular formula is C25H30Cl2N6O3S. The molecule has 1 fully saturated rings. The summed E-state index contributed by atoms with van der Waals surface area (Å²) in [7, 11) is -1.04. The van der Waals surface area contributed by atoms with E-state index in [1.54, 1.807) is 18.5 Å². The van der Waals surface area contributed by atoms with Crippen molar-refractivity contribution in [1.82, 2.24) is 25.2 Å². The molecule has 3 aromatic rings. The van der Waals surface area contributed by atoms with Crippen LogP contribution >= 0.6 is 23.2 Å². The third-order valence-electron chi connectivity index (χ3n) is 5.88. The number of nitrogens with one attached hydrogen (secondary N) is 1. The van der Waals surface area contributed by atoms with Crippen molar-refractivity contribution in [3.05, 3.63) is 58.3 Å². The predicted octanol–water partition coefficient (Wildman–Crippen LogP) is 3.91. The van der Waals surface area contributed by atoms with Crippen molar-refractivity contribution in [2.75, 3.05) is 56.7 Å². The molecular weight excluding hydrogens is 535 g/mol. The van der Waals surface area contributed by atoms with Gasteiger partial charge in [0.25, 0.3) is 0 Å². The molecule has 0 aliphatic carbocycles. The Morgan fingerprint density at radius 2 is 1.68 bits per heavy atom. The quantitative estimate of drug-likeness (QED) is 0.392. The second-order valence-corrected chi connectivity index (χ2v) is 12.2. The Bertz CT molecular complexity index is 1300. The minimum absolute atomic E-state index is 0.221. The summed E-state index contributed by atoms with van der Waals surface area (Å²) in [6.45, 7) is 4.64. The Balaban J connectivity index is 1.40. The number of piperazine rings is 1. The Hall–Kier alpha value is -2.50. The summed E-state index contributed by atoms with van der Waals surface area (Å²) in [4.78, 5) is 18.0. The maximum atomic E-state index is 11.3. The first-order valence-electron chi connectivity index (χ1n) is 12.0. The highest BCUT2D eigenvalue weighted by Crippen LogP contribution is 2.30. The number of anilines is 1. The zero-order valence-electron chi connectivity index (χ0n) is 20.8. The minimum Gasteiger partial charge on any atom is -0.436 e. The largest absolute Gasteiger partial charge is 0.436 e. The molecule has 0 radical (unpaired) electrons. The number of halogens is 2. The summed E-state index contributed by atoms with van der Waals surface area (Å²) in [5, 5.41) is 4.21. The molecule has 2 aromatic heterocycles. The molecule has 0 atom stereocenters. The number of hydrogen-bond donors (Lipinski definition) is 1. The van der Waals surface area contributed by atoms with Gasteiger partial charge in [-0.3, -0.25) is 4.90 Å². The summed E-state index contributed by atoms with van der Waals surface area (Å²) in [5.74, 6) is 1.75. The van der Waals surface area contributed by atoms with Crippen molar-refractivity contribution in [2.24, 2.45) is 0 Å². The summed E-state index contributed by atoms with van der Waals surface area (Å²) in [5.41, 5.74) is 2.48. The van der Waals surface area contributed by atoms with Crippen LogP contribution in [0.25, 0.3) is 11.3 Å². The van der Waals surface area contributed by atoms with Crippen molar-refractivity contribution in [2.45, 2.75) is 13.0 Å². The molecule has 0 amide bonds. The summed E-state index contributed by atoms with van der Waals surface area (Å²) < 4.78 is 28.7. The summed E-state index contributed by atoms with van der Waals surface area (Å²) in [6, 6.07) is 9.13. The molecule has 198 valence electrons. The van der Waals surface area contributed by atoms with Crippen LogP contribution < -0.4 is 15.0 Å². The van der Waals surface area contributed by atoms with E-state index in [2.05, 4.69) is 30.1 Å². The molecule has 1 aliphatic rings. The SMILES string of the molecule is CNCc1cc(Oc2cnc(N3CCN(CCCS(C)(=O)=O)CC3)nc2)nc(-c2cc(Cl)cc(Cl)c2)c1. The Morgan fingerprint density at radius 3 is 2.30 bits per heavy atom. The number of hydrogen-bond acceptors (Lipinski definition) is 9. The van der Waals surface area contributed by atoms with Crippen molar-refractivity contribution < 1.29 is 13.2 Å². The fourth-order valence-corrected chi connectivity index (χ4v) is 5.31. The average molecular weight is 566 g/mol. The lowest BCUT2D eigenvalue weighted by molar-refractivity contribution is 0.257. The third kappa shape index (κ3) is 8.24. The first-order valence-corrected chi connectivity index (χ1v) is 14.8. The first-order chi connectivity index (χ1) is 17.7. The maximum absolute atomic E-state index is 11.3. The van der Waals surface area contributed by atoms with E-state index in [-0.39, 0.29) is 5.75 Å². The van der Waals surface area contributed by atoms with Crippen LogP contribution in [0, 0.1) is 0 Å². The van der Waals surface area contributed by atoms with Gasteiger partial charge in [-0.1, -0.05) is 23.2 Å². The van der Waals surface area contributed by atoms with E-state index >= 15 is 0 Å². The van der Waals surface area contributed by atoms with E-state index < -0.39 is 9.84 Å². The van der Waals surface area contributed by atoms with Gasteiger partial charge in [0.05, 0.1) is 23.8 Å². The topological polar surface area (TPSA) is 101 Å². The third-order valence-corrected chi connectivity index (χ3v) is 7.35. The number of nitrogens with zero attached hydrogens (tertiary/aromatic N) is 5. The molecule has 1 aliphatic heterocycles. The summed E-state index contributed by atoms with van der Waals surface area (Å²) in [6.07, 6.45) is 5.21. The predicted molar refractivity (Wildman–Crippen MR) is 148 cm³/mol. The van der Waals surface area contributed by atoms with Gasteiger partial charge in [-0.05, 0) is 49.8 Å². The van der Waals surface area contributed by atoms with Gasteiger partial charge in [0.2, 0.25) is 11.8 Å². The molecule has 0 spiro atoms. The number of rotatable bonds is 10. The zero-order chi connectivity index (χ0) is 26.4. The zero-order valence-corrected chi connectivity index (χ0v) is 23.2. The smallest absolute Gasteiger partial charge is 0.225 e. The maximum Gasteiger partial charge on any atom is 0.225 e. The van der Waals surface area contributed by atoms with Crippen LogP contribution in [0.15, 0.2) is 42.7 Å². The van der Waals surface area contributed by atoms with Gasteiger partial charge in [-0.25, -0.2) is 23.4 Å². The van der Waals surface area contributed by atoms with Crippen LogP contribution in [-0.4, -0.2) is 80.0 Å². The Morgan fingerprint density at radius 1 is 1.00 bits per heavy atom. The number of benzene rings is 1. The Kier molecular flexibility index (Phi) is 9.20. The van der Waals surface area contributed by atoms with Gasteiger partial charge in [0.1, 0.15) is 9.84 Å². The first kappa shape index (κ1) is 27.5. The second kappa shape index (κ2) is 12.4. The molecule has 0 saturated carbocycles. The molecule has 0 unspecified atom stereocenters. The van der Waals surface area contributed by atoms with Gasteiger partial charge in [-0.15, -0.1) is 0 Å². The van der Waals surface area contributed by atoms with E-state index in [1.807, 2.05) is 31.3 Å². The van der Waals surface area contributed by atoms with Crippen molar-refractivity contribution in [3.8, 4) is 22.9 Å². The lowest BCUT2D eigenvalue weighted by atomic mass is 10.1. The normalized spacial score (nSPS) is 14.6. The fraction of sp³-hybridized carbons (Fsp3) is 0.400. The van der Waals surface area contributed by atoms with Gasteiger partial charge >= 0.3 is 0 Å². The van der Waals surface area contributed by atoms with Gasteiger partial charge in [0, 0.05) is 60.7 Å². The lowest BCUT2D eigenvalue weighted by Gasteiger charge is -2.34. The number of ether oxygens (including phenoxy) is 1. The molecule has 3 heterocycles. The molecule has 37 heavy (non-hydrogen) atoms. The lowest BCUT2D eigenvalue weighted by Crippen LogP contribution is -2.47. The van der Waals surface area contributed by atoms with Crippen LogP contribution in [0.2, 0.25) is 10.0 Å².